The highest BCUT2D eigenvalue weighted by Gasteiger charge is 2.20. The third-order valence-corrected chi connectivity index (χ3v) is 4.26. The van der Waals surface area contributed by atoms with E-state index in [1.54, 1.807) is 19.6 Å². The van der Waals surface area contributed by atoms with Crippen molar-refractivity contribution in [1.29, 1.82) is 0 Å². The largest absolute Gasteiger partial charge is 0.497 e. The molecule has 0 aliphatic heterocycles. The van der Waals surface area contributed by atoms with E-state index in [-0.39, 0.29) is 11.0 Å². The minimum absolute atomic E-state index is 0.0124. The van der Waals surface area contributed by atoms with Gasteiger partial charge < -0.3 is 9.30 Å². The Morgan fingerprint density at radius 1 is 1.25 bits per heavy atom. The molecule has 0 amide bonds. The number of hydrogen-bond donors (Lipinski definition) is 1. The Kier molecular flexibility index (Phi) is 5.01. The maximum atomic E-state index is 11.9. The molecule has 1 heterocycles. The molecule has 2 aromatic carbocycles. The summed E-state index contributed by atoms with van der Waals surface area (Å²) in [6, 6.07) is 15.5. The summed E-state index contributed by atoms with van der Waals surface area (Å²) in [5.74, 6) is 0.777. The highest BCUT2D eigenvalue weighted by Crippen LogP contribution is 2.31. The van der Waals surface area contributed by atoms with Crippen LogP contribution >= 0.6 is 12.6 Å². The molecule has 0 spiro atoms. The fourth-order valence-corrected chi connectivity index (χ4v) is 3.05. The van der Waals surface area contributed by atoms with Crippen LogP contribution < -0.4 is 4.74 Å². The van der Waals surface area contributed by atoms with Gasteiger partial charge in [-0.3, -0.25) is 4.79 Å². The number of carbonyl (C=O) groups is 1. The van der Waals surface area contributed by atoms with E-state index in [9.17, 15) is 4.79 Å². The number of benzene rings is 2. The quantitative estimate of drug-likeness (QED) is 0.696. The van der Waals surface area contributed by atoms with Gasteiger partial charge in [0.25, 0.3) is 0 Å². The molecule has 1 atom stereocenters. The molecule has 0 N–H and O–H groups in total. The lowest BCUT2D eigenvalue weighted by atomic mass is 9.88. The van der Waals surface area contributed by atoms with Gasteiger partial charge in [0.05, 0.1) is 13.4 Å². The third-order valence-electron chi connectivity index (χ3n) is 4.02. The number of imidazole rings is 1. The van der Waals surface area contributed by atoms with Crippen molar-refractivity contribution in [3.63, 3.8) is 0 Å². The van der Waals surface area contributed by atoms with Gasteiger partial charge in [0.2, 0.25) is 5.12 Å². The summed E-state index contributed by atoms with van der Waals surface area (Å²) in [6.07, 6.45) is 5.44. The number of carbonyl (C=O) groups excluding carboxylic acids is 1. The highest BCUT2D eigenvalue weighted by molar-refractivity contribution is 7.97. The zero-order chi connectivity index (χ0) is 16.9. The minimum Gasteiger partial charge on any atom is -0.497 e. The summed E-state index contributed by atoms with van der Waals surface area (Å²) in [7, 11) is 1.65. The Labute approximate surface area is 146 Å². The maximum Gasteiger partial charge on any atom is 0.216 e. The second-order valence-electron chi connectivity index (χ2n) is 5.48. The summed E-state index contributed by atoms with van der Waals surface area (Å²) < 4.78 is 7.36. The smallest absolute Gasteiger partial charge is 0.216 e. The van der Waals surface area contributed by atoms with Crippen LogP contribution in [0.3, 0.4) is 0 Å². The summed E-state index contributed by atoms with van der Waals surface area (Å²) >= 11 is 4.03. The molecule has 0 fully saturated rings. The standard InChI is InChI=1S/C19H18N2O2S/c1-23-15-6-4-5-14(11-15)18(12-21-10-9-20-13-21)16-7-2-3-8-17(16)19(22)24/h2-11,13,18H,12H2,1H3,(H,22,24). The maximum absolute atomic E-state index is 11.9. The summed E-state index contributed by atoms with van der Waals surface area (Å²) in [5.41, 5.74) is 2.64. The molecule has 3 aromatic rings. The van der Waals surface area contributed by atoms with Crippen molar-refractivity contribution in [2.75, 3.05) is 7.11 Å². The van der Waals surface area contributed by atoms with Crippen LogP contribution in [-0.2, 0) is 6.54 Å². The zero-order valence-corrected chi connectivity index (χ0v) is 14.2. The predicted octanol–water partition coefficient (Wildman–Crippen LogP) is 3.79. The van der Waals surface area contributed by atoms with Crippen molar-refractivity contribution < 1.29 is 9.53 Å². The van der Waals surface area contributed by atoms with Crippen molar-refractivity contribution in [2.45, 2.75) is 12.5 Å². The molecular formula is C19H18N2O2S. The van der Waals surface area contributed by atoms with Gasteiger partial charge in [0.1, 0.15) is 5.75 Å². The number of thiol groups is 1. The van der Waals surface area contributed by atoms with Gasteiger partial charge in [-0.1, -0.05) is 36.4 Å². The number of hydrogen-bond acceptors (Lipinski definition) is 3. The van der Waals surface area contributed by atoms with E-state index in [0.29, 0.717) is 12.1 Å². The van der Waals surface area contributed by atoms with E-state index >= 15 is 0 Å². The van der Waals surface area contributed by atoms with Crippen LogP contribution in [0.4, 0.5) is 0 Å². The Morgan fingerprint density at radius 2 is 2.08 bits per heavy atom. The number of ether oxygens (including phenoxy) is 1. The van der Waals surface area contributed by atoms with Crippen molar-refractivity contribution in [2.24, 2.45) is 0 Å². The van der Waals surface area contributed by atoms with Crippen molar-refractivity contribution in [3.05, 3.63) is 83.9 Å². The SMILES string of the molecule is COc1cccc(C(Cn2ccnc2)c2ccccc2C(=O)S)c1. The summed E-state index contributed by atoms with van der Waals surface area (Å²) in [4.78, 5) is 16.1. The first-order chi connectivity index (χ1) is 11.7. The average Bonchev–Trinajstić information content (AvgIpc) is 3.13. The van der Waals surface area contributed by atoms with E-state index in [0.717, 1.165) is 16.9 Å². The van der Waals surface area contributed by atoms with E-state index in [1.165, 1.54) is 0 Å². The average molecular weight is 338 g/mol. The number of methoxy groups -OCH3 is 1. The van der Waals surface area contributed by atoms with Gasteiger partial charge in [-0.15, -0.1) is 12.6 Å². The zero-order valence-electron chi connectivity index (χ0n) is 13.3. The lowest BCUT2D eigenvalue weighted by Gasteiger charge is -2.21. The minimum atomic E-state index is -0.232. The molecule has 122 valence electrons. The molecule has 4 nitrogen and oxygen atoms in total. The Hall–Kier alpha value is -2.53. The van der Waals surface area contributed by atoms with Gasteiger partial charge in [-0.2, -0.15) is 0 Å². The Morgan fingerprint density at radius 3 is 2.79 bits per heavy atom. The van der Waals surface area contributed by atoms with E-state index in [4.69, 9.17) is 4.74 Å². The van der Waals surface area contributed by atoms with Crippen LogP contribution in [-0.4, -0.2) is 21.8 Å². The Bertz CT molecular complexity index is 831. The molecule has 3 rings (SSSR count). The second-order valence-corrected chi connectivity index (χ2v) is 5.89. The normalized spacial score (nSPS) is 11.9. The van der Waals surface area contributed by atoms with Crippen LogP contribution in [0.2, 0.25) is 0 Å². The summed E-state index contributed by atoms with van der Waals surface area (Å²) in [6.45, 7) is 0.672. The van der Waals surface area contributed by atoms with Gasteiger partial charge in [-0.25, -0.2) is 4.98 Å². The van der Waals surface area contributed by atoms with E-state index < -0.39 is 0 Å². The molecule has 0 aliphatic rings. The Balaban J connectivity index is 2.10. The fourth-order valence-electron chi connectivity index (χ4n) is 2.84. The van der Waals surface area contributed by atoms with Crippen LogP contribution in [0.1, 0.15) is 27.4 Å². The first-order valence-electron chi connectivity index (χ1n) is 7.61. The topological polar surface area (TPSA) is 44.1 Å². The van der Waals surface area contributed by atoms with E-state index in [2.05, 4.69) is 17.6 Å². The first-order valence-corrected chi connectivity index (χ1v) is 8.05. The van der Waals surface area contributed by atoms with Crippen LogP contribution in [0.5, 0.6) is 5.75 Å². The lowest BCUT2D eigenvalue weighted by molar-refractivity contribution is 0.109. The van der Waals surface area contributed by atoms with Crippen molar-refractivity contribution >= 4 is 17.7 Å². The third kappa shape index (κ3) is 3.51. The number of rotatable bonds is 6. The molecular weight excluding hydrogens is 320 g/mol. The van der Waals surface area contributed by atoms with Crippen molar-refractivity contribution in [1.82, 2.24) is 9.55 Å². The van der Waals surface area contributed by atoms with E-state index in [1.807, 2.05) is 59.3 Å². The lowest BCUT2D eigenvalue weighted by Crippen LogP contribution is -2.13. The van der Waals surface area contributed by atoms with Gasteiger partial charge >= 0.3 is 0 Å². The molecule has 1 aromatic heterocycles. The van der Waals surface area contributed by atoms with Crippen LogP contribution in [0, 0.1) is 0 Å². The second kappa shape index (κ2) is 7.36. The van der Waals surface area contributed by atoms with Gasteiger partial charge in [-0.05, 0) is 23.3 Å². The first kappa shape index (κ1) is 16.3. The molecule has 5 heteroatoms. The van der Waals surface area contributed by atoms with Crippen LogP contribution in [0.25, 0.3) is 0 Å². The van der Waals surface area contributed by atoms with Gasteiger partial charge in [0.15, 0.2) is 0 Å². The molecule has 1 unspecified atom stereocenters. The summed E-state index contributed by atoms with van der Waals surface area (Å²) in [5, 5.41) is -0.232. The highest BCUT2D eigenvalue weighted by atomic mass is 32.1. The molecule has 0 radical (unpaired) electrons. The van der Waals surface area contributed by atoms with Crippen LogP contribution in [0.15, 0.2) is 67.3 Å². The molecule has 0 aliphatic carbocycles. The molecule has 0 bridgehead atoms. The number of nitrogens with zero attached hydrogens (tertiary/aromatic N) is 2. The molecule has 0 saturated heterocycles. The number of aromatic nitrogens is 2. The fraction of sp³-hybridized carbons (Fsp3) is 0.158. The molecule has 0 saturated carbocycles. The predicted molar refractivity (Wildman–Crippen MR) is 96.8 cm³/mol. The molecule has 24 heavy (non-hydrogen) atoms. The monoisotopic (exact) mass is 338 g/mol. The van der Waals surface area contributed by atoms with Gasteiger partial charge in [0, 0.05) is 30.4 Å². The van der Waals surface area contributed by atoms with Crippen molar-refractivity contribution in [3.8, 4) is 5.75 Å².